The molecule has 1 aromatic carbocycles. The van der Waals surface area contributed by atoms with Gasteiger partial charge in [0.1, 0.15) is 24.8 Å². The number of ether oxygens (including phenoxy) is 4. The van der Waals surface area contributed by atoms with E-state index in [1.54, 1.807) is 0 Å². The topological polar surface area (TPSA) is 238 Å². The van der Waals surface area contributed by atoms with Gasteiger partial charge in [0.15, 0.2) is 11.6 Å². The van der Waals surface area contributed by atoms with Crippen molar-refractivity contribution in [1.29, 1.82) is 0 Å². The molecule has 16 heteroatoms. The van der Waals surface area contributed by atoms with E-state index in [0.717, 1.165) is 12.0 Å². The molecule has 58 heavy (non-hydrogen) atoms. The number of amides is 2. The quantitative estimate of drug-likeness (QED) is 0.0694. The molecule has 0 radical (unpaired) electrons. The molecule has 16 nitrogen and oxygen atoms in total. The van der Waals surface area contributed by atoms with Gasteiger partial charge in [-0.15, -0.1) is 0 Å². The summed E-state index contributed by atoms with van der Waals surface area (Å²) in [6.45, 7) is 3.69. The highest BCUT2D eigenvalue weighted by Crippen LogP contribution is 2.17. The summed E-state index contributed by atoms with van der Waals surface area (Å²) in [4.78, 5) is 95.3. The van der Waals surface area contributed by atoms with E-state index in [-0.39, 0.29) is 126 Å². The Kier molecular flexibility index (Phi) is 29.9. The molecule has 0 bridgehead atoms. The van der Waals surface area contributed by atoms with Crippen LogP contribution in [0.1, 0.15) is 102 Å². The molecule has 0 fully saturated rings. The lowest BCUT2D eigenvalue weighted by molar-refractivity contribution is -0.144. The minimum Gasteiger partial charge on any atom is -0.481 e. The second kappa shape index (κ2) is 33.6. The van der Waals surface area contributed by atoms with Crippen molar-refractivity contribution in [2.75, 3.05) is 65.9 Å². The normalized spacial score (nSPS) is 12.0. The van der Waals surface area contributed by atoms with Crippen molar-refractivity contribution in [1.82, 2.24) is 10.6 Å². The summed E-state index contributed by atoms with van der Waals surface area (Å²) in [6.07, 6.45) is 4.10. The van der Waals surface area contributed by atoms with Gasteiger partial charge in [0.05, 0.1) is 44.9 Å². The fraction of sp³-hybridized carbons (Fsp3) is 0.667. The van der Waals surface area contributed by atoms with E-state index < -0.39 is 23.8 Å². The van der Waals surface area contributed by atoms with Gasteiger partial charge in [-0.2, -0.15) is 0 Å². The van der Waals surface area contributed by atoms with E-state index in [9.17, 15) is 48.6 Å². The molecule has 0 aliphatic heterocycles. The number of rotatable bonds is 39. The van der Waals surface area contributed by atoms with E-state index in [0.29, 0.717) is 64.9 Å². The van der Waals surface area contributed by atoms with Crippen LogP contribution in [0.2, 0.25) is 0 Å². The first-order chi connectivity index (χ1) is 27.9. The Morgan fingerprint density at radius 2 is 1.05 bits per heavy atom. The Morgan fingerprint density at radius 3 is 1.64 bits per heavy atom. The zero-order valence-corrected chi connectivity index (χ0v) is 34.0. The zero-order chi connectivity index (χ0) is 42.8. The van der Waals surface area contributed by atoms with Gasteiger partial charge in [0.2, 0.25) is 11.8 Å². The van der Waals surface area contributed by atoms with Gasteiger partial charge in [-0.1, -0.05) is 36.8 Å². The maximum Gasteiger partial charge on any atom is 0.306 e. The van der Waals surface area contributed by atoms with Crippen LogP contribution < -0.4 is 10.6 Å². The Balaban J connectivity index is 2.07. The first-order valence-corrected chi connectivity index (χ1v) is 20.3. The first kappa shape index (κ1) is 51.6. The van der Waals surface area contributed by atoms with Crippen LogP contribution >= 0.6 is 0 Å². The summed E-state index contributed by atoms with van der Waals surface area (Å²) in [5.74, 6) is -5.30. The van der Waals surface area contributed by atoms with Crippen molar-refractivity contribution in [3.63, 3.8) is 0 Å². The Morgan fingerprint density at radius 1 is 0.534 bits per heavy atom. The van der Waals surface area contributed by atoms with E-state index in [2.05, 4.69) is 10.6 Å². The standard InChI is InChI=1S/C42H64N2O14/c1-32(45)30-57-26-24-55-22-9-15-38(48)31-58-27-25-56-23-21-44-40(50)19-17-34(41(51)52)28-36(46)13-6-3-7-20-43-39(49)18-16-35(42(53)54)29-37(47)14-8-12-33-10-4-2-5-11-33/h2,4-5,10-11,34-35H,3,6-9,12-31H2,1H3,(H,43,49)(H,44,50)(H,51,52)(H,53,54)/t34-,35-/m1/s1. The van der Waals surface area contributed by atoms with Crippen LogP contribution in [0.3, 0.4) is 0 Å². The molecule has 2 atom stereocenters. The fourth-order valence-corrected chi connectivity index (χ4v) is 5.70. The first-order valence-electron chi connectivity index (χ1n) is 20.3. The highest BCUT2D eigenvalue weighted by Gasteiger charge is 2.23. The fourth-order valence-electron chi connectivity index (χ4n) is 5.70. The summed E-state index contributed by atoms with van der Waals surface area (Å²) >= 11 is 0. The molecule has 1 aromatic rings. The highest BCUT2D eigenvalue weighted by atomic mass is 16.5. The van der Waals surface area contributed by atoms with E-state index in [1.807, 2.05) is 30.3 Å². The van der Waals surface area contributed by atoms with Gasteiger partial charge < -0.3 is 39.8 Å². The molecule has 2 amide bonds. The number of aryl methyl sites for hydroxylation is 1. The van der Waals surface area contributed by atoms with Gasteiger partial charge in [0.25, 0.3) is 0 Å². The van der Waals surface area contributed by atoms with Gasteiger partial charge in [-0.05, 0) is 57.4 Å². The third-order valence-electron chi connectivity index (χ3n) is 8.93. The van der Waals surface area contributed by atoms with Gasteiger partial charge in [-0.3, -0.25) is 38.4 Å². The van der Waals surface area contributed by atoms with Crippen LogP contribution in [0.15, 0.2) is 30.3 Å². The molecule has 4 N–H and O–H groups in total. The van der Waals surface area contributed by atoms with Crippen LogP contribution in [-0.2, 0) is 63.7 Å². The lowest BCUT2D eigenvalue weighted by Crippen LogP contribution is -2.29. The zero-order valence-electron chi connectivity index (χ0n) is 34.0. The summed E-state index contributed by atoms with van der Waals surface area (Å²) in [7, 11) is 0. The average Bonchev–Trinajstić information content (AvgIpc) is 3.18. The maximum absolute atomic E-state index is 12.5. The van der Waals surface area contributed by atoms with E-state index in [1.165, 1.54) is 6.92 Å². The number of carboxylic acids is 2. The van der Waals surface area contributed by atoms with Crippen LogP contribution in [0.4, 0.5) is 0 Å². The molecule has 0 saturated heterocycles. The van der Waals surface area contributed by atoms with E-state index in [4.69, 9.17) is 18.9 Å². The van der Waals surface area contributed by atoms with Gasteiger partial charge >= 0.3 is 11.9 Å². The third kappa shape index (κ3) is 29.8. The molecular formula is C42H64N2O14. The van der Waals surface area contributed by atoms with Crippen molar-refractivity contribution in [3.05, 3.63) is 35.9 Å². The van der Waals surface area contributed by atoms with Crippen LogP contribution in [-0.4, -0.2) is 123 Å². The number of carbonyl (C=O) groups excluding carboxylic acids is 6. The number of benzene rings is 1. The summed E-state index contributed by atoms with van der Waals surface area (Å²) < 4.78 is 21.1. The number of hydrogen-bond acceptors (Lipinski definition) is 12. The number of unbranched alkanes of at least 4 members (excludes halogenated alkanes) is 2. The van der Waals surface area contributed by atoms with Crippen molar-refractivity contribution in [2.24, 2.45) is 11.8 Å². The SMILES string of the molecule is CC(=O)COCCOCCCC(=O)COCCOCCNC(=O)CC[C@H](CC(=O)CCCCCNC(=O)CC[C@H](CC(=O)CCCc1ccccc1)C(=O)O)C(=O)O. The second-order valence-electron chi connectivity index (χ2n) is 14.2. The minimum atomic E-state index is -1.15. The van der Waals surface area contributed by atoms with Gasteiger partial charge in [0, 0.05) is 64.6 Å². The summed E-state index contributed by atoms with van der Waals surface area (Å²) in [5.41, 5.74) is 1.12. The average molecular weight is 821 g/mol. The number of nitrogens with one attached hydrogen (secondary N) is 2. The van der Waals surface area contributed by atoms with Crippen molar-refractivity contribution >= 4 is 46.9 Å². The predicted octanol–water partition coefficient (Wildman–Crippen LogP) is 3.69. The number of aliphatic carboxylic acids is 2. The van der Waals surface area contributed by atoms with Crippen LogP contribution in [0, 0.1) is 11.8 Å². The Bertz CT molecular complexity index is 1390. The highest BCUT2D eigenvalue weighted by molar-refractivity contribution is 5.85. The van der Waals surface area contributed by atoms with Gasteiger partial charge in [-0.25, -0.2) is 0 Å². The second-order valence-corrected chi connectivity index (χ2v) is 14.2. The number of Topliss-reactive ketones (excluding diaryl/α,β-unsaturated/α-hetero) is 4. The number of carboxylic acid groups (broad SMARTS) is 2. The lowest BCUT2D eigenvalue weighted by atomic mass is 9.94. The lowest BCUT2D eigenvalue weighted by Gasteiger charge is -2.12. The molecule has 0 saturated carbocycles. The Labute approximate surface area is 341 Å². The largest absolute Gasteiger partial charge is 0.481 e. The summed E-state index contributed by atoms with van der Waals surface area (Å²) in [5, 5.41) is 24.5. The molecule has 0 heterocycles. The van der Waals surface area contributed by atoms with Crippen LogP contribution in [0.5, 0.6) is 0 Å². The smallest absolute Gasteiger partial charge is 0.306 e. The Hall–Kier alpha value is -4.38. The van der Waals surface area contributed by atoms with Crippen molar-refractivity contribution < 1.29 is 67.5 Å². The van der Waals surface area contributed by atoms with Crippen LogP contribution in [0.25, 0.3) is 0 Å². The third-order valence-corrected chi connectivity index (χ3v) is 8.93. The number of hydrogen-bond donors (Lipinski definition) is 4. The van der Waals surface area contributed by atoms with Crippen molar-refractivity contribution in [3.8, 4) is 0 Å². The predicted molar refractivity (Wildman–Crippen MR) is 212 cm³/mol. The molecule has 0 aliphatic carbocycles. The van der Waals surface area contributed by atoms with Crippen molar-refractivity contribution in [2.45, 2.75) is 103 Å². The monoisotopic (exact) mass is 820 g/mol. The molecule has 326 valence electrons. The molecular weight excluding hydrogens is 756 g/mol. The molecule has 0 aliphatic rings. The number of carbonyl (C=O) groups is 8. The molecule has 0 unspecified atom stereocenters. The molecule has 0 spiro atoms. The number of ketones is 4. The molecule has 1 rings (SSSR count). The van der Waals surface area contributed by atoms with E-state index >= 15 is 0 Å². The summed E-state index contributed by atoms with van der Waals surface area (Å²) in [6, 6.07) is 9.73. The molecule has 0 aromatic heterocycles. The maximum atomic E-state index is 12.5. The minimum absolute atomic E-state index is 0.00842.